The molecule has 0 unspecified atom stereocenters. The van der Waals surface area contributed by atoms with Crippen molar-refractivity contribution in [2.75, 3.05) is 49.5 Å². The van der Waals surface area contributed by atoms with Crippen molar-refractivity contribution in [3.63, 3.8) is 0 Å². The fourth-order valence-corrected chi connectivity index (χ4v) is 5.26. The fourth-order valence-electron chi connectivity index (χ4n) is 4.32. The number of hydrogen-bond donors (Lipinski definition) is 2. The number of amides is 2. The summed E-state index contributed by atoms with van der Waals surface area (Å²) in [4.78, 5) is 17.2. The summed E-state index contributed by atoms with van der Waals surface area (Å²) in [5, 5.41) is 3.41. The topological polar surface area (TPSA) is 70.8 Å². The van der Waals surface area contributed by atoms with E-state index < -0.39 is 6.03 Å². The Morgan fingerprint density at radius 2 is 1.73 bits per heavy atom. The van der Waals surface area contributed by atoms with Crippen molar-refractivity contribution in [2.45, 2.75) is 38.5 Å². The summed E-state index contributed by atoms with van der Waals surface area (Å²) in [6.45, 7) is 6.23. The predicted molar refractivity (Wildman–Crippen MR) is 125 cm³/mol. The van der Waals surface area contributed by atoms with Gasteiger partial charge in [-0.3, -0.25) is 10.2 Å². The number of nitrogens with two attached hydrogens (primary N) is 1. The minimum Gasteiger partial charge on any atom is -0.491 e. The lowest BCUT2D eigenvalue weighted by atomic mass is 10.1. The van der Waals surface area contributed by atoms with Gasteiger partial charge in [-0.15, -0.1) is 11.3 Å². The Labute approximate surface area is 183 Å². The maximum Gasteiger partial charge on any atom is 0.317 e. The van der Waals surface area contributed by atoms with Gasteiger partial charge in [0.15, 0.2) is 0 Å². The van der Waals surface area contributed by atoms with Crippen molar-refractivity contribution in [1.82, 2.24) is 4.90 Å². The number of thiophene rings is 1. The van der Waals surface area contributed by atoms with E-state index in [9.17, 15) is 4.79 Å². The molecular formula is C23H32N4O2S. The second-order valence-corrected chi connectivity index (χ2v) is 9.22. The highest BCUT2D eigenvalue weighted by Gasteiger charge is 2.17. The summed E-state index contributed by atoms with van der Waals surface area (Å²) in [7, 11) is 0. The average Bonchev–Trinajstić information content (AvgIpc) is 3.22. The Morgan fingerprint density at radius 3 is 2.47 bits per heavy atom. The van der Waals surface area contributed by atoms with Crippen molar-refractivity contribution < 1.29 is 9.53 Å². The first-order chi connectivity index (χ1) is 14.7. The highest BCUT2D eigenvalue weighted by molar-refractivity contribution is 7.19. The number of anilines is 2. The third-order valence-electron chi connectivity index (χ3n) is 5.92. The summed E-state index contributed by atoms with van der Waals surface area (Å²) < 4.78 is 6.34. The molecule has 2 amide bonds. The van der Waals surface area contributed by atoms with Gasteiger partial charge in [-0.25, -0.2) is 4.79 Å². The lowest BCUT2D eigenvalue weighted by molar-refractivity contribution is 0.183. The van der Waals surface area contributed by atoms with Crippen LogP contribution in [0.4, 0.5) is 15.5 Å². The van der Waals surface area contributed by atoms with Gasteiger partial charge in [0, 0.05) is 41.8 Å². The summed E-state index contributed by atoms with van der Waals surface area (Å²) >= 11 is 1.52. The minimum atomic E-state index is -0.540. The van der Waals surface area contributed by atoms with E-state index in [0.29, 0.717) is 6.61 Å². The molecule has 2 saturated heterocycles. The number of nitrogens with zero attached hydrogens (tertiary/aromatic N) is 2. The monoisotopic (exact) mass is 428 g/mol. The maximum absolute atomic E-state index is 11.2. The molecule has 0 spiro atoms. The van der Waals surface area contributed by atoms with E-state index in [-0.39, 0.29) is 0 Å². The summed E-state index contributed by atoms with van der Waals surface area (Å²) in [6.07, 6.45) is 7.75. The molecule has 2 aliphatic rings. The van der Waals surface area contributed by atoms with Crippen LogP contribution >= 0.6 is 11.3 Å². The van der Waals surface area contributed by atoms with E-state index >= 15 is 0 Å². The molecule has 0 aliphatic carbocycles. The molecule has 162 valence electrons. The Morgan fingerprint density at radius 1 is 1.00 bits per heavy atom. The van der Waals surface area contributed by atoms with Crippen molar-refractivity contribution in [3.8, 4) is 16.2 Å². The van der Waals surface area contributed by atoms with Gasteiger partial charge >= 0.3 is 6.03 Å². The SMILES string of the molecule is NC(=O)Nc1ccc(-c2ccc(N3CCCCC3)cc2OCCN2CCCCC2)s1. The molecule has 2 aromatic rings. The molecule has 0 radical (unpaired) electrons. The number of rotatable bonds is 7. The molecule has 3 heterocycles. The molecule has 7 heteroatoms. The molecule has 2 aliphatic heterocycles. The van der Waals surface area contributed by atoms with Crippen LogP contribution in [0.2, 0.25) is 0 Å². The number of carbonyl (C=O) groups is 1. The number of likely N-dealkylation sites (tertiary alicyclic amines) is 1. The van der Waals surface area contributed by atoms with Crippen LogP contribution in [0.1, 0.15) is 38.5 Å². The molecule has 6 nitrogen and oxygen atoms in total. The van der Waals surface area contributed by atoms with E-state index in [0.717, 1.165) is 40.8 Å². The van der Waals surface area contributed by atoms with Crippen LogP contribution in [-0.4, -0.2) is 50.3 Å². The lowest BCUT2D eigenvalue weighted by Gasteiger charge is -2.30. The zero-order valence-electron chi connectivity index (χ0n) is 17.6. The number of urea groups is 1. The van der Waals surface area contributed by atoms with Gasteiger partial charge in [0.05, 0.1) is 5.00 Å². The number of primary amides is 1. The molecule has 1 aromatic heterocycles. The van der Waals surface area contributed by atoms with Crippen molar-refractivity contribution in [2.24, 2.45) is 5.73 Å². The minimum absolute atomic E-state index is 0.540. The van der Waals surface area contributed by atoms with Gasteiger partial charge < -0.3 is 15.4 Å². The first kappa shape index (κ1) is 21.0. The summed E-state index contributed by atoms with van der Waals surface area (Å²) in [6, 6.07) is 9.91. The van der Waals surface area contributed by atoms with E-state index in [1.54, 1.807) is 0 Å². The zero-order valence-corrected chi connectivity index (χ0v) is 18.4. The van der Waals surface area contributed by atoms with Crippen LogP contribution in [-0.2, 0) is 0 Å². The molecule has 0 atom stereocenters. The Kier molecular flexibility index (Phi) is 7.12. The average molecular weight is 429 g/mol. The number of piperidine rings is 2. The van der Waals surface area contributed by atoms with Crippen LogP contribution in [0.5, 0.6) is 5.75 Å². The predicted octanol–water partition coefficient (Wildman–Crippen LogP) is 4.76. The van der Waals surface area contributed by atoms with Crippen LogP contribution in [0.3, 0.4) is 0 Å². The first-order valence-corrected chi connectivity index (χ1v) is 11.9. The van der Waals surface area contributed by atoms with Crippen molar-refractivity contribution in [1.29, 1.82) is 0 Å². The smallest absolute Gasteiger partial charge is 0.317 e. The highest BCUT2D eigenvalue weighted by Crippen LogP contribution is 2.39. The normalized spacial score (nSPS) is 17.7. The van der Waals surface area contributed by atoms with Gasteiger partial charge in [-0.2, -0.15) is 0 Å². The number of benzene rings is 1. The maximum atomic E-state index is 11.2. The molecule has 1 aromatic carbocycles. The second-order valence-electron chi connectivity index (χ2n) is 8.13. The van der Waals surface area contributed by atoms with Crippen LogP contribution in [0.15, 0.2) is 30.3 Å². The molecule has 30 heavy (non-hydrogen) atoms. The van der Waals surface area contributed by atoms with Crippen molar-refractivity contribution >= 4 is 28.1 Å². The zero-order chi connectivity index (χ0) is 20.8. The van der Waals surface area contributed by atoms with Gasteiger partial charge in [0.2, 0.25) is 0 Å². The number of hydrogen-bond acceptors (Lipinski definition) is 5. The van der Waals surface area contributed by atoms with Crippen molar-refractivity contribution in [3.05, 3.63) is 30.3 Å². The standard InChI is InChI=1S/C23H32N4O2S/c24-23(28)25-22-10-9-21(30-22)19-8-7-18(27-13-5-2-6-14-27)17-20(19)29-16-15-26-11-3-1-4-12-26/h7-10,17H,1-6,11-16H2,(H3,24,25,28). The highest BCUT2D eigenvalue weighted by atomic mass is 32.1. The third-order valence-corrected chi connectivity index (χ3v) is 6.95. The molecular weight excluding hydrogens is 396 g/mol. The van der Waals surface area contributed by atoms with Gasteiger partial charge in [-0.1, -0.05) is 6.42 Å². The molecule has 0 bridgehead atoms. The van der Waals surface area contributed by atoms with Crippen LogP contribution < -0.4 is 20.7 Å². The number of nitrogens with one attached hydrogen (secondary N) is 1. The first-order valence-electron chi connectivity index (χ1n) is 11.1. The lowest BCUT2D eigenvalue weighted by Crippen LogP contribution is -2.33. The Balaban J connectivity index is 1.52. The summed E-state index contributed by atoms with van der Waals surface area (Å²) in [5.74, 6) is 0.919. The van der Waals surface area contributed by atoms with Crippen LogP contribution in [0, 0.1) is 0 Å². The Hall–Kier alpha value is -2.25. The van der Waals surface area contributed by atoms with Gasteiger partial charge in [-0.05, 0) is 69.5 Å². The molecule has 4 rings (SSSR count). The second kappa shape index (κ2) is 10.2. The summed E-state index contributed by atoms with van der Waals surface area (Å²) in [5.41, 5.74) is 7.56. The molecule has 3 N–H and O–H groups in total. The van der Waals surface area contributed by atoms with E-state index in [4.69, 9.17) is 10.5 Å². The molecule has 0 saturated carbocycles. The molecule has 2 fully saturated rings. The third kappa shape index (κ3) is 5.46. The van der Waals surface area contributed by atoms with Gasteiger partial charge in [0.25, 0.3) is 0 Å². The van der Waals surface area contributed by atoms with E-state index in [2.05, 4.69) is 33.3 Å². The Bertz CT molecular complexity index is 841. The fraction of sp³-hybridized carbons (Fsp3) is 0.522. The van der Waals surface area contributed by atoms with Crippen LogP contribution in [0.25, 0.3) is 10.4 Å². The number of ether oxygens (including phenoxy) is 1. The van der Waals surface area contributed by atoms with Gasteiger partial charge in [0.1, 0.15) is 12.4 Å². The van der Waals surface area contributed by atoms with E-state index in [1.165, 1.54) is 68.6 Å². The number of carbonyl (C=O) groups excluding carboxylic acids is 1. The van der Waals surface area contributed by atoms with E-state index in [1.807, 2.05) is 12.1 Å². The largest absolute Gasteiger partial charge is 0.491 e. The quantitative estimate of drug-likeness (QED) is 0.667.